The average Bonchev–Trinajstić information content (AvgIpc) is 2.05. The summed E-state index contributed by atoms with van der Waals surface area (Å²) in [5.41, 5.74) is 0.655. The molecule has 0 saturated carbocycles. The molecule has 2 nitrogen and oxygen atoms in total. The molecule has 82 valence electrons. The molecule has 0 N–H and O–H groups in total. The molecule has 0 bridgehead atoms. The van der Waals surface area contributed by atoms with Crippen molar-refractivity contribution in [2.24, 2.45) is 0 Å². The number of likely N-dealkylation sites (N-methyl/N-ethyl adjacent to an activating group) is 1. The van der Waals surface area contributed by atoms with Gasteiger partial charge in [-0.05, 0) is 33.9 Å². The molecule has 0 aliphatic heterocycles. The third-order valence-electron chi connectivity index (χ3n) is 3.01. The summed E-state index contributed by atoms with van der Waals surface area (Å²) in [7, 11) is 3.95. The molecule has 0 amide bonds. The van der Waals surface area contributed by atoms with Crippen LogP contribution in [0.2, 0.25) is 0 Å². The minimum Gasteiger partial charge on any atom is -0.297 e. The molecular formula is C12H23NO. The van der Waals surface area contributed by atoms with Gasteiger partial charge in [0.05, 0.1) is 5.54 Å². The Morgan fingerprint density at radius 3 is 1.93 bits per heavy atom. The smallest absolute Gasteiger partial charge is 0.157 e. The molecule has 0 rings (SSSR count). The van der Waals surface area contributed by atoms with Crippen molar-refractivity contribution in [2.75, 3.05) is 14.1 Å². The Morgan fingerprint density at radius 2 is 1.71 bits per heavy atom. The molecule has 2 heteroatoms. The predicted molar refractivity (Wildman–Crippen MR) is 61.4 cm³/mol. The summed E-state index contributed by atoms with van der Waals surface area (Å²) in [5.74, 6) is 0.292. The Balaban J connectivity index is 4.80. The van der Waals surface area contributed by atoms with Crippen molar-refractivity contribution in [1.29, 1.82) is 0 Å². The molecule has 0 aromatic carbocycles. The fourth-order valence-electron chi connectivity index (χ4n) is 1.96. The molecule has 0 heterocycles. The van der Waals surface area contributed by atoms with Crippen molar-refractivity contribution in [3.8, 4) is 0 Å². The lowest BCUT2D eigenvalue weighted by Gasteiger charge is -2.37. The normalized spacial score (nSPS) is 11.9. The van der Waals surface area contributed by atoms with Crippen molar-refractivity contribution in [1.82, 2.24) is 4.90 Å². The van der Waals surface area contributed by atoms with Crippen LogP contribution in [0.3, 0.4) is 0 Å². The van der Waals surface area contributed by atoms with Gasteiger partial charge in [-0.15, -0.1) is 0 Å². The number of allylic oxidation sites excluding steroid dienone is 1. The van der Waals surface area contributed by atoms with Gasteiger partial charge in [0.25, 0.3) is 0 Å². The van der Waals surface area contributed by atoms with Crippen molar-refractivity contribution >= 4 is 5.78 Å². The Hall–Kier alpha value is -0.630. The lowest BCUT2D eigenvalue weighted by molar-refractivity contribution is -0.129. The first-order valence-electron chi connectivity index (χ1n) is 5.25. The van der Waals surface area contributed by atoms with E-state index in [2.05, 4.69) is 20.4 Å². The zero-order valence-corrected chi connectivity index (χ0v) is 10.2. The van der Waals surface area contributed by atoms with Crippen molar-refractivity contribution < 1.29 is 4.79 Å². The molecule has 14 heavy (non-hydrogen) atoms. The maximum atomic E-state index is 12.1. The third-order valence-corrected chi connectivity index (χ3v) is 3.01. The molecule has 0 aromatic heterocycles. The van der Waals surface area contributed by atoms with Crippen LogP contribution < -0.4 is 0 Å². The summed E-state index contributed by atoms with van der Waals surface area (Å²) < 4.78 is 0. The van der Waals surface area contributed by atoms with Crippen LogP contribution in [0.4, 0.5) is 0 Å². The highest BCUT2D eigenvalue weighted by Gasteiger charge is 2.36. The third kappa shape index (κ3) is 2.68. The van der Waals surface area contributed by atoms with Crippen LogP contribution in [0.25, 0.3) is 0 Å². The van der Waals surface area contributed by atoms with Gasteiger partial charge in [0.2, 0.25) is 0 Å². The second kappa shape index (κ2) is 5.30. The SMILES string of the molecule is C=C(C)CC(=O)C(CC)(CC)N(C)C. The Morgan fingerprint density at radius 1 is 1.29 bits per heavy atom. The zero-order chi connectivity index (χ0) is 11.4. The fraction of sp³-hybridized carbons (Fsp3) is 0.750. The highest BCUT2D eigenvalue weighted by Crippen LogP contribution is 2.25. The van der Waals surface area contributed by atoms with Crippen LogP contribution in [0.5, 0.6) is 0 Å². The maximum Gasteiger partial charge on any atom is 0.157 e. The summed E-state index contributed by atoms with van der Waals surface area (Å²) in [5, 5.41) is 0. The van der Waals surface area contributed by atoms with E-state index in [0.29, 0.717) is 12.2 Å². The van der Waals surface area contributed by atoms with E-state index in [9.17, 15) is 4.79 Å². The first-order valence-corrected chi connectivity index (χ1v) is 5.25. The Kier molecular flexibility index (Phi) is 5.06. The van der Waals surface area contributed by atoms with Crippen LogP contribution in [0.15, 0.2) is 12.2 Å². The summed E-state index contributed by atoms with van der Waals surface area (Å²) in [6, 6.07) is 0. The van der Waals surface area contributed by atoms with Crippen LogP contribution in [0.1, 0.15) is 40.0 Å². The predicted octanol–water partition coefficient (Wildman–Crippen LogP) is 2.64. The molecule has 0 atom stereocenters. The number of ketones is 1. The van der Waals surface area contributed by atoms with E-state index < -0.39 is 0 Å². The summed E-state index contributed by atoms with van der Waals surface area (Å²) in [6.45, 7) is 9.84. The number of hydrogen-bond donors (Lipinski definition) is 0. The summed E-state index contributed by atoms with van der Waals surface area (Å²) in [4.78, 5) is 14.1. The summed E-state index contributed by atoms with van der Waals surface area (Å²) in [6.07, 6.45) is 2.23. The fourth-order valence-corrected chi connectivity index (χ4v) is 1.96. The molecule has 0 fully saturated rings. The number of Topliss-reactive ketones (excluding diaryl/α,β-unsaturated/α-hetero) is 1. The molecule has 0 aliphatic carbocycles. The van der Waals surface area contributed by atoms with Gasteiger partial charge in [0.15, 0.2) is 5.78 Å². The highest BCUT2D eigenvalue weighted by atomic mass is 16.1. The lowest BCUT2D eigenvalue weighted by Crippen LogP contribution is -2.50. The monoisotopic (exact) mass is 197 g/mol. The van der Waals surface area contributed by atoms with Gasteiger partial charge in [0, 0.05) is 6.42 Å². The van der Waals surface area contributed by atoms with Crippen molar-refractivity contribution in [3.63, 3.8) is 0 Å². The van der Waals surface area contributed by atoms with Crippen LogP contribution >= 0.6 is 0 Å². The number of carbonyl (C=O) groups excluding carboxylic acids is 1. The Bertz CT molecular complexity index is 214. The molecule has 0 spiro atoms. The quantitative estimate of drug-likeness (QED) is 0.610. The maximum absolute atomic E-state index is 12.1. The van der Waals surface area contributed by atoms with Gasteiger partial charge in [-0.3, -0.25) is 9.69 Å². The number of nitrogens with zero attached hydrogens (tertiary/aromatic N) is 1. The van der Waals surface area contributed by atoms with Crippen LogP contribution in [-0.2, 0) is 4.79 Å². The van der Waals surface area contributed by atoms with Crippen LogP contribution in [-0.4, -0.2) is 30.3 Å². The van der Waals surface area contributed by atoms with Gasteiger partial charge in [0.1, 0.15) is 0 Å². The second-order valence-electron chi connectivity index (χ2n) is 4.19. The minimum atomic E-state index is -0.293. The number of carbonyl (C=O) groups is 1. The lowest BCUT2D eigenvalue weighted by atomic mass is 9.84. The van der Waals surface area contributed by atoms with E-state index in [0.717, 1.165) is 18.4 Å². The molecular weight excluding hydrogens is 174 g/mol. The van der Waals surface area contributed by atoms with E-state index in [1.54, 1.807) is 0 Å². The topological polar surface area (TPSA) is 20.3 Å². The van der Waals surface area contributed by atoms with Gasteiger partial charge < -0.3 is 0 Å². The molecule has 0 unspecified atom stereocenters. The van der Waals surface area contributed by atoms with E-state index in [4.69, 9.17) is 0 Å². The molecule has 0 aliphatic rings. The molecule has 0 radical (unpaired) electrons. The summed E-state index contributed by atoms with van der Waals surface area (Å²) >= 11 is 0. The van der Waals surface area contributed by atoms with Gasteiger partial charge in [-0.1, -0.05) is 26.0 Å². The highest BCUT2D eigenvalue weighted by molar-refractivity contribution is 5.89. The number of hydrogen-bond acceptors (Lipinski definition) is 2. The molecule has 0 saturated heterocycles. The van der Waals surface area contributed by atoms with Gasteiger partial charge >= 0.3 is 0 Å². The molecule has 0 aromatic rings. The standard InChI is InChI=1S/C12H23NO/c1-7-12(8-2,13(5)6)11(14)9-10(3)4/h3,7-9H2,1-2,4-6H3. The van der Waals surface area contributed by atoms with Crippen molar-refractivity contribution in [2.45, 2.75) is 45.6 Å². The largest absolute Gasteiger partial charge is 0.297 e. The van der Waals surface area contributed by atoms with E-state index >= 15 is 0 Å². The van der Waals surface area contributed by atoms with Gasteiger partial charge in [-0.2, -0.15) is 0 Å². The first-order chi connectivity index (χ1) is 6.40. The average molecular weight is 197 g/mol. The zero-order valence-electron chi connectivity index (χ0n) is 10.2. The number of rotatable bonds is 6. The van der Waals surface area contributed by atoms with E-state index in [1.807, 2.05) is 25.9 Å². The van der Waals surface area contributed by atoms with Crippen molar-refractivity contribution in [3.05, 3.63) is 12.2 Å². The first kappa shape index (κ1) is 13.4. The van der Waals surface area contributed by atoms with E-state index in [1.165, 1.54) is 0 Å². The second-order valence-corrected chi connectivity index (χ2v) is 4.19. The van der Waals surface area contributed by atoms with E-state index in [-0.39, 0.29) is 5.54 Å². The minimum absolute atomic E-state index is 0.292. The van der Waals surface area contributed by atoms with Crippen LogP contribution in [0, 0.1) is 0 Å². The Labute approximate surface area is 88.0 Å². The van der Waals surface area contributed by atoms with Gasteiger partial charge in [-0.25, -0.2) is 0 Å².